The first-order valence-corrected chi connectivity index (χ1v) is 6.07. The second-order valence-corrected chi connectivity index (χ2v) is 4.26. The molecule has 0 saturated heterocycles. The fourth-order valence-corrected chi connectivity index (χ4v) is 1.75. The number of hydrogen-bond acceptors (Lipinski definition) is 4. The first-order valence-electron chi connectivity index (χ1n) is 6.07. The maximum atomic E-state index is 11.8. The van der Waals surface area contributed by atoms with E-state index in [1.807, 2.05) is 12.1 Å². The molecule has 0 saturated carbocycles. The van der Waals surface area contributed by atoms with E-state index in [-0.39, 0.29) is 11.6 Å². The summed E-state index contributed by atoms with van der Waals surface area (Å²) in [6, 6.07) is 8.12. The predicted molar refractivity (Wildman–Crippen MR) is 73.7 cm³/mol. The molecule has 5 heteroatoms. The van der Waals surface area contributed by atoms with Gasteiger partial charge in [0.1, 0.15) is 11.5 Å². The molecule has 0 aliphatic carbocycles. The zero-order valence-electron chi connectivity index (χ0n) is 10.8. The van der Waals surface area contributed by atoms with Gasteiger partial charge in [-0.2, -0.15) is 0 Å². The molecule has 0 bridgehead atoms. The Morgan fingerprint density at radius 2 is 2.05 bits per heavy atom. The molecule has 1 amide bonds. The molecule has 0 radical (unpaired) electrons. The number of anilines is 1. The van der Waals surface area contributed by atoms with Crippen LogP contribution in [0, 0.1) is 6.92 Å². The van der Waals surface area contributed by atoms with E-state index in [1.54, 1.807) is 0 Å². The van der Waals surface area contributed by atoms with Gasteiger partial charge in [-0.05, 0) is 24.5 Å². The summed E-state index contributed by atoms with van der Waals surface area (Å²) in [4.78, 5) is 19.5. The predicted octanol–water partition coefficient (Wildman–Crippen LogP) is 1.34. The number of nitrogen functional groups attached to an aromatic ring is 1. The number of carbonyl (C=O) groups is 1. The molecule has 2 aromatic rings. The minimum atomic E-state index is -0.235. The van der Waals surface area contributed by atoms with Crippen LogP contribution in [0.5, 0.6) is 0 Å². The number of amides is 1. The van der Waals surface area contributed by atoms with Crippen molar-refractivity contribution >= 4 is 11.7 Å². The number of rotatable bonds is 4. The number of nitrogens with zero attached hydrogens (tertiary/aromatic N) is 2. The summed E-state index contributed by atoms with van der Waals surface area (Å²) in [5.41, 5.74) is 8.15. The minimum absolute atomic E-state index is 0.235. The van der Waals surface area contributed by atoms with Crippen molar-refractivity contribution in [1.82, 2.24) is 15.3 Å². The van der Waals surface area contributed by atoms with Crippen LogP contribution < -0.4 is 11.1 Å². The fourth-order valence-electron chi connectivity index (χ4n) is 1.75. The SMILES string of the molecule is Cc1ccccc1CCNC(=O)c1cnc(N)cn1. The van der Waals surface area contributed by atoms with Crippen LogP contribution in [0.15, 0.2) is 36.7 Å². The molecule has 1 aromatic heterocycles. The van der Waals surface area contributed by atoms with Crippen molar-refractivity contribution in [2.75, 3.05) is 12.3 Å². The lowest BCUT2D eigenvalue weighted by atomic mass is 10.1. The van der Waals surface area contributed by atoms with Gasteiger partial charge >= 0.3 is 0 Å². The van der Waals surface area contributed by atoms with Crippen molar-refractivity contribution in [2.24, 2.45) is 0 Å². The smallest absolute Gasteiger partial charge is 0.271 e. The molecule has 1 heterocycles. The molecule has 0 aliphatic rings. The Balaban J connectivity index is 1.88. The third-order valence-corrected chi connectivity index (χ3v) is 2.85. The second-order valence-electron chi connectivity index (χ2n) is 4.26. The Hall–Kier alpha value is -2.43. The van der Waals surface area contributed by atoms with Crippen molar-refractivity contribution in [3.05, 3.63) is 53.5 Å². The van der Waals surface area contributed by atoms with Gasteiger partial charge in [0.25, 0.3) is 5.91 Å². The zero-order valence-corrected chi connectivity index (χ0v) is 10.8. The lowest BCUT2D eigenvalue weighted by Crippen LogP contribution is -2.26. The van der Waals surface area contributed by atoms with Crippen molar-refractivity contribution in [3.63, 3.8) is 0 Å². The topological polar surface area (TPSA) is 80.9 Å². The molecule has 98 valence electrons. The highest BCUT2D eigenvalue weighted by atomic mass is 16.1. The van der Waals surface area contributed by atoms with E-state index in [4.69, 9.17) is 5.73 Å². The summed E-state index contributed by atoms with van der Waals surface area (Å²) >= 11 is 0. The summed E-state index contributed by atoms with van der Waals surface area (Å²) in [6.45, 7) is 2.62. The third-order valence-electron chi connectivity index (χ3n) is 2.85. The van der Waals surface area contributed by atoms with Crippen molar-refractivity contribution in [1.29, 1.82) is 0 Å². The first kappa shape index (κ1) is 13.0. The Kier molecular flexibility index (Phi) is 4.07. The van der Waals surface area contributed by atoms with Gasteiger partial charge in [-0.15, -0.1) is 0 Å². The van der Waals surface area contributed by atoms with Crippen molar-refractivity contribution in [3.8, 4) is 0 Å². The highest BCUT2D eigenvalue weighted by Gasteiger charge is 2.07. The standard InChI is InChI=1S/C14H16N4O/c1-10-4-2-3-5-11(10)6-7-16-14(19)12-8-18-13(15)9-17-12/h2-5,8-9H,6-7H2,1H3,(H2,15,18)(H,16,19). The Labute approximate surface area is 111 Å². The van der Waals surface area contributed by atoms with Crippen LogP contribution in [0.1, 0.15) is 21.6 Å². The molecule has 2 rings (SSSR count). The Morgan fingerprint density at radius 1 is 1.26 bits per heavy atom. The lowest BCUT2D eigenvalue weighted by molar-refractivity contribution is 0.0949. The summed E-state index contributed by atoms with van der Waals surface area (Å²) in [5.74, 6) is 0.0672. The molecule has 3 N–H and O–H groups in total. The maximum Gasteiger partial charge on any atom is 0.271 e. The van der Waals surface area contributed by atoms with E-state index in [0.717, 1.165) is 6.42 Å². The number of aromatic nitrogens is 2. The van der Waals surface area contributed by atoms with Crippen molar-refractivity contribution in [2.45, 2.75) is 13.3 Å². The molecule has 19 heavy (non-hydrogen) atoms. The quantitative estimate of drug-likeness (QED) is 0.865. The number of carbonyl (C=O) groups excluding carboxylic acids is 1. The largest absolute Gasteiger partial charge is 0.382 e. The third kappa shape index (κ3) is 3.51. The van der Waals surface area contributed by atoms with Gasteiger partial charge in [0.05, 0.1) is 12.4 Å². The lowest BCUT2D eigenvalue weighted by Gasteiger charge is -2.07. The van der Waals surface area contributed by atoms with E-state index >= 15 is 0 Å². The van der Waals surface area contributed by atoms with E-state index < -0.39 is 0 Å². The second kappa shape index (κ2) is 5.95. The van der Waals surface area contributed by atoms with Crippen LogP contribution in [-0.2, 0) is 6.42 Å². The van der Waals surface area contributed by atoms with Crippen LogP contribution in [0.25, 0.3) is 0 Å². The molecule has 0 fully saturated rings. The molecule has 0 spiro atoms. The highest BCUT2D eigenvalue weighted by molar-refractivity contribution is 5.91. The normalized spacial score (nSPS) is 10.2. The zero-order chi connectivity index (χ0) is 13.7. The van der Waals surface area contributed by atoms with Crippen LogP contribution in [0.3, 0.4) is 0 Å². The molecule has 0 aliphatic heterocycles. The summed E-state index contributed by atoms with van der Waals surface area (Å²) < 4.78 is 0. The molecular formula is C14H16N4O. The molecule has 0 unspecified atom stereocenters. The Morgan fingerprint density at radius 3 is 2.74 bits per heavy atom. The van der Waals surface area contributed by atoms with Gasteiger partial charge in [0, 0.05) is 6.54 Å². The van der Waals surface area contributed by atoms with E-state index in [0.29, 0.717) is 12.4 Å². The average molecular weight is 256 g/mol. The minimum Gasteiger partial charge on any atom is -0.382 e. The molecular weight excluding hydrogens is 240 g/mol. The highest BCUT2D eigenvalue weighted by Crippen LogP contribution is 2.06. The average Bonchev–Trinajstić information content (AvgIpc) is 2.41. The number of aryl methyl sites for hydroxylation is 1. The summed E-state index contributed by atoms with van der Waals surface area (Å²) in [6.07, 6.45) is 3.54. The molecule has 1 aromatic carbocycles. The van der Waals surface area contributed by atoms with Gasteiger partial charge in [-0.3, -0.25) is 4.79 Å². The van der Waals surface area contributed by atoms with Gasteiger partial charge in [-0.1, -0.05) is 24.3 Å². The van der Waals surface area contributed by atoms with Crippen LogP contribution in [-0.4, -0.2) is 22.4 Å². The summed E-state index contributed by atoms with van der Waals surface area (Å²) in [5, 5.41) is 2.81. The summed E-state index contributed by atoms with van der Waals surface area (Å²) in [7, 11) is 0. The number of benzene rings is 1. The molecule has 0 atom stereocenters. The fraction of sp³-hybridized carbons (Fsp3) is 0.214. The van der Waals surface area contributed by atoms with Gasteiger partial charge < -0.3 is 11.1 Å². The van der Waals surface area contributed by atoms with E-state index in [2.05, 4.69) is 34.3 Å². The number of nitrogens with one attached hydrogen (secondary N) is 1. The number of hydrogen-bond donors (Lipinski definition) is 2. The maximum absolute atomic E-state index is 11.8. The van der Waals surface area contributed by atoms with Gasteiger partial charge in [-0.25, -0.2) is 9.97 Å². The van der Waals surface area contributed by atoms with Gasteiger partial charge in [0.2, 0.25) is 0 Å². The van der Waals surface area contributed by atoms with Crippen LogP contribution >= 0.6 is 0 Å². The van der Waals surface area contributed by atoms with Crippen LogP contribution in [0.2, 0.25) is 0 Å². The monoisotopic (exact) mass is 256 g/mol. The number of nitrogens with two attached hydrogens (primary N) is 1. The van der Waals surface area contributed by atoms with Crippen molar-refractivity contribution < 1.29 is 4.79 Å². The van der Waals surface area contributed by atoms with Gasteiger partial charge in [0.15, 0.2) is 0 Å². The van der Waals surface area contributed by atoms with E-state index in [9.17, 15) is 4.79 Å². The molecule has 5 nitrogen and oxygen atoms in total. The van der Waals surface area contributed by atoms with Crippen LogP contribution in [0.4, 0.5) is 5.82 Å². The Bertz CT molecular complexity index is 566. The van der Waals surface area contributed by atoms with E-state index in [1.165, 1.54) is 23.5 Å². The first-order chi connectivity index (χ1) is 9.16.